The van der Waals surface area contributed by atoms with E-state index in [9.17, 15) is 14.4 Å². The van der Waals surface area contributed by atoms with Crippen molar-refractivity contribution in [2.75, 3.05) is 0 Å². The Labute approximate surface area is 164 Å². The molecular formula is C22H24N2O4. The van der Waals surface area contributed by atoms with Gasteiger partial charge in [-0.1, -0.05) is 60.7 Å². The third-order valence-corrected chi connectivity index (χ3v) is 4.66. The minimum atomic E-state index is -0.822. The molecule has 2 atom stereocenters. The van der Waals surface area contributed by atoms with Crippen LogP contribution in [0.2, 0.25) is 0 Å². The van der Waals surface area contributed by atoms with Gasteiger partial charge in [-0.25, -0.2) is 4.79 Å². The second kappa shape index (κ2) is 9.69. The normalized spacial score (nSPS) is 17.3. The highest BCUT2D eigenvalue weighted by Gasteiger charge is 2.29. The Bertz CT molecular complexity index is 808. The molecule has 0 aromatic heterocycles. The SMILES string of the molecule is O=C1CCC[C@@H](C(=O)N[C@@H](Cc2ccccc2)C(=O)OCc2ccccc2)N1. The van der Waals surface area contributed by atoms with Crippen molar-refractivity contribution in [3.8, 4) is 0 Å². The Morgan fingerprint density at radius 2 is 1.68 bits per heavy atom. The number of rotatable bonds is 7. The maximum Gasteiger partial charge on any atom is 0.329 e. The van der Waals surface area contributed by atoms with E-state index in [1.54, 1.807) is 0 Å². The molecule has 0 unspecified atom stereocenters. The number of nitrogens with one attached hydrogen (secondary N) is 2. The number of hydrogen-bond donors (Lipinski definition) is 2. The highest BCUT2D eigenvalue weighted by molar-refractivity contribution is 5.91. The number of ether oxygens (including phenoxy) is 1. The molecule has 2 aromatic rings. The number of benzene rings is 2. The summed E-state index contributed by atoms with van der Waals surface area (Å²) in [5, 5.41) is 5.44. The molecular weight excluding hydrogens is 356 g/mol. The lowest BCUT2D eigenvalue weighted by Crippen LogP contribution is -2.53. The Balaban J connectivity index is 1.66. The van der Waals surface area contributed by atoms with Gasteiger partial charge < -0.3 is 15.4 Å². The third-order valence-electron chi connectivity index (χ3n) is 4.66. The summed E-state index contributed by atoms with van der Waals surface area (Å²) in [5.74, 6) is -0.994. The van der Waals surface area contributed by atoms with Crippen LogP contribution in [0.4, 0.5) is 0 Å². The van der Waals surface area contributed by atoms with Crippen molar-refractivity contribution in [2.24, 2.45) is 0 Å². The largest absolute Gasteiger partial charge is 0.459 e. The Morgan fingerprint density at radius 3 is 2.32 bits per heavy atom. The zero-order valence-corrected chi connectivity index (χ0v) is 15.6. The first kappa shape index (κ1) is 19.6. The van der Waals surface area contributed by atoms with Crippen LogP contribution < -0.4 is 10.6 Å². The Hall–Kier alpha value is -3.15. The van der Waals surface area contributed by atoms with Gasteiger partial charge in [0.2, 0.25) is 11.8 Å². The van der Waals surface area contributed by atoms with Gasteiger partial charge in [0.05, 0.1) is 0 Å². The van der Waals surface area contributed by atoms with E-state index in [0.717, 1.165) is 11.1 Å². The second-order valence-electron chi connectivity index (χ2n) is 6.86. The van der Waals surface area contributed by atoms with Gasteiger partial charge in [0, 0.05) is 12.8 Å². The molecule has 6 nitrogen and oxygen atoms in total. The lowest BCUT2D eigenvalue weighted by molar-refractivity contribution is -0.149. The monoisotopic (exact) mass is 380 g/mol. The highest BCUT2D eigenvalue weighted by Crippen LogP contribution is 2.11. The maximum atomic E-state index is 12.7. The average molecular weight is 380 g/mol. The first-order valence-corrected chi connectivity index (χ1v) is 9.46. The zero-order valence-electron chi connectivity index (χ0n) is 15.6. The molecule has 3 rings (SSSR count). The number of hydrogen-bond acceptors (Lipinski definition) is 4. The van der Waals surface area contributed by atoms with Crippen LogP contribution in [0.5, 0.6) is 0 Å². The van der Waals surface area contributed by atoms with E-state index < -0.39 is 18.1 Å². The summed E-state index contributed by atoms with van der Waals surface area (Å²) < 4.78 is 5.43. The van der Waals surface area contributed by atoms with E-state index in [4.69, 9.17) is 4.74 Å². The summed E-state index contributed by atoms with van der Waals surface area (Å²) in [6.45, 7) is 0.140. The van der Waals surface area contributed by atoms with Gasteiger partial charge in [-0.05, 0) is 24.0 Å². The molecule has 1 aliphatic heterocycles. The maximum absolute atomic E-state index is 12.7. The van der Waals surface area contributed by atoms with Crippen molar-refractivity contribution in [2.45, 2.75) is 44.4 Å². The van der Waals surface area contributed by atoms with E-state index in [0.29, 0.717) is 25.7 Å². The molecule has 2 amide bonds. The quantitative estimate of drug-likeness (QED) is 0.721. The van der Waals surface area contributed by atoms with Gasteiger partial charge in [0.25, 0.3) is 0 Å². The molecule has 0 bridgehead atoms. The van der Waals surface area contributed by atoms with Crippen LogP contribution in [-0.2, 0) is 32.1 Å². The predicted molar refractivity (Wildman–Crippen MR) is 104 cm³/mol. The van der Waals surface area contributed by atoms with Crippen molar-refractivity contribution in [1.82, 2.24) is 10.6 Å². The van der Waals surface area contributed by atoms with E-state index >= 15 is 0 Å². The first-order valence-electron chi connectivity index (χ1n) is 9.46. The topological polar surface area (TPSA) is 84.5 Å². The minimum Gasteiger partial charge on any atom is -0.459 e. The van der Waals surface area contributed by atoms with Crippen molar-refractivity contribution in [3.05, 3.63) is 71.8 Å². The van der Waals surface area contributed by atoms with Crippen LogP contribution in [0.1, 0.15) is 30.4 Å². The lowest BCUT2D eigenvalue weighted by Gasteiger charge is -2.25. The first-order chi connectivity index (χ1) is 13.6. The van der Waals surface area contributed by atoms with Crippen LogP contribution >= 0.6 is 0 Å². The molecule has 146 valence electrons. The van der Waals surface area contributed by atoms with Crippen LogP contribution in [0.3, 0.4) is 0 Å². The summed E-state index contributed by atoms with van der Waals surface area (Å²) >= 11 is 0. The fraction of sp³-hybridized carbons (Fsp3) is 0.318. The van der Waals surface area contributed by atoms with Gasteiger partial charge in [-0.3, -0.25) is 9.59 Å². The van der Waals surface area contributed by atoms with Crippen LogP contribution in [0.15, 0.2) is 60.7 Å². The van der Waals surface area contributed by atoms with Crippen molar-refractivity contribution >= 4 is 17.8 Å². The van der Waals surface area contributed by atoms with Crippen LogP contribution in [0, 0.1) is 0 Å². The number of amides is 2. The number of carbonyl (C=O) groups excluding carboxylic acids is 3. The summed E-state index contributed by atoms with van der Waals surface area (Å²) in [6, 6.07) is 17.4. The Kier molecular flexibility index (Phi) is 6.78. The molecule has 2 N–H and O–H groups in total. The molecule has 1 fully saturated rings. The van der Waals surface area contributed by atoms with Crippen LogP contribution in [-0.4, -0.2) is 29.9 Å². The van der Waals surface area contributed by atoms with Crippen molar-refractivity contribution in [1.29, 1.82) is 0 Å². The molecule has 0 spiro atoms. The molecule has 2 aromatic carbocycles. The minimum absolute atomic E-state index is 0.140. The summed E-state index contributed by atoms with van der Waals surface area (Å²) in [5.41, 5.74) is 1.79. The average Bonchev–Trinajstić information content (AvgIpc) is 2.73. The fourth-order valence-corrected chi connectivity index (χ4v) is 3.15. The van der Waals surface area contributed by atoms with Gasteiger partial charge >= 0.3 is 5.97 Å². The van der Waals surface area contributed by atoms with Crippen LogP contribution in [0.25, 0.3) is 0 Å². The fourth-order valence-electron chi connectivity index (χ4n) is 3.15. The number of esters is 1. The molecule has 1 heterocycles. The molecule has 0 aliphatic carbocycles. The number of piperidine rings is 1. The standard InChI is InChI=1S/C22H24N2O4/c25-20-13-7-12-18(23-20)21(26)24-19(14-16-8-3-1-4-9-16)22(27)28-15-17-10-5-2-6-11-17/h1-6,8-11,18-19H,7,12-15H2,(H,23,25)(H,24,26)/t18-,19-/m0/s1. The van der Waals surface area contributed by atoms with Gasteiger partial charge in [0.15, 0.2) is 0 Å². The van der Waals surface area contributed by atoms with Crippen molar-refractivity contribution in [3.63, 3.8) is 0 Å². The molecule has 6 heteroatoms. The Morgan fingerprint density at radius 1 is 1.04 bits per heavy atom. The van der Waals surface area contributed by atoms with Gasteiger partial charge in [-0.2, -0.15) is 0 Å². The van der Waals surface area contributed by atoms with Gasteiger partial charge in [0.1, 0.15) is 18.7 Å². The number of carbonyl (C=O) groups is 3. The van der Waals surface area contributed by atoms with Crippen molar-refractivity contribution < 1.29 is 19.1 Å². The molecule has 1 saturated heterocycles. The molecule has 1 aliphatic rings. The van der Waals surface area contributed by atoms with E-state index in [1.165, 1.54) is 0 Å². The van der Waals surface area contributed by atoms with Gasteiger partial charge in [-0.15, -0.1) is 0 Å². The highest BCUT2D eigenvalue weighted by atomic mass is 16.5. The summed E-state index contributed by atoms with van der Waals surface area (Å²) in [4.78, 5) is 36.8. The van der Waals surface area contributed by atoms with E-state index in [-0.39, 0.29) is 18.4 Å². The summed E-state index contributed by atoms with van der Waals surface area (Å²) in [6.07, 6.45) is 1.97. The van der Waals surface area contributed by atoms with E-state index in [1.807, 2.05) is 60.7 Å². The molecule has 0 radical (unpaired) electrons. The summed E-state index contributed by atoms with van der Waals surface area (Å²) in [7, 11) is 0. The predicted octanol–water partition coefficient (Wildman–Crippen LogP) is 2.13. The zero-order chi connectivity index (χ0) is 19.8. The lowest BCUT2D eigenvalue weighted by atomic mass is 10.0. The second-order valence-corrected chi connectivity index (χ2v) is 6.86. The third kappa shape index (κ3) is 5.67. The smallest absolute Gasteiger partial charge is 0.329 e. The molecule has 0 saturated carbocycles. The van der Waals surface area contributed by atoms with E-state index in [2.05, 4.69) is 10.6 Å². The molecule has 28 heavy (non-hydrogen) atoms.